The molecule has 1 unspecified atom stereocenters. The van der Waals surface area contributed by atoms with Crippen LogP contribution in [0.25, 0.3) is 0 Å². The van der Waals surface area contributed by atoms with Gasteiger partial charge in [0.25, 0.3) is 0 Å². The molecule has 88 valence electrons. The minimum absolute atomic E-state index is 0.332. The third-order valence-corrected chi connectivity index (χ3v) is 3.98. The lowest BCUT2D eigenvalue weighted by Gasteiger charge is -2.14. The van der Waals surface area contributed by atoms with E-state index in [0.29, 0.717) is 11.8 Å². The van der Waals surface area contributed by atoms with Crippen LogP contribution >= 0.6 is 11.8 Å². The first-order chi connectivity index (χ1) is 8.29. The van der Waals surface area contributed by atoms with Gasteiger partial charge in [-0.3, -0.25) is 0 Å². The van der Waals surface area contributed by atoms with Crippen molar-refractivity contribution in [3.63, 3.8) is 0 Å². The van der Waals surface area contributed by atoms with Crippen molar-refractivity contribution >= 4 is 11.8 Å². The molecule has 2 N–H and O–H groups in total. The zero-order valence-corrected chi connectivity index (χ0v) is 10.8. The van der Waals surface area contributed by atoms with Gasteiger partial charge in [0.05, 0.1) is 0 Å². The summed E-state index contributed by atoms with van der Waals surface area (Å²) in [6.07, 6.45) is 0. The molecule has 2 aromatic rings. The number of rotatable bonds is 4. The number of thioether (sulfide) groups is 1. The number of benzene rings is 2. The predicted molar refractivity (Wildman–Crippen MR) is 75.3 cm³/mol. The zero-order chi connectivity index (χ0) is 12.1. The second-order valence-electron chi connectivity index (χ2n) is 4.07. The lowest BCUT2D eigenvalue weighted by atomic mass is 10.1. The Morgan fingerprint density at radius 1 is 1.00 bits per heavy atom. The summed E-state index contributed by atoms with van der Waals surface area (Å²) in [5, 5.41) is 0.332. The molecule has 0 amide bonds. The van der Waals surface area contributed by atoms with Crippen molar-refractivity contribution in [2.75, 3.05) is 6.54 Å². The quantitative estimate of drug-likeness (QED) is 0.827. The summed E-state index contributed by atoms with van der Waals surface area (Å²) < 4.78 is 0. The molecule has 0 aliphatic heterocycles. The van der Waals surface area contributed by atoms with E-state index in [2.05, 4.69) is 55.5 Å². The summed E-state index contributed by atoms with van der Waals surface area (Å²) in [7, 11) is 0. The predicted octanol–water partition coefficient (Wildman–Crippen LogP) is 3.79. The van der Waals surface area contributed by atoms with Gasteiger partial charge in [0.15, 0.2) is 0 Å². The van der Waals surface area contributed by atoms with Crippen LogP contribution in [0.1, 0.15) is 16.4 Å². The average Bonchev–Trinajstić information content (AvgIpc) is 2.39. The molecule has 0 radical (unpaired) electrons. The van der Waals surface area contributed by atoms with Gasteiger partial charge in [0.1, 0.15) is 0 Å². The van der Waals surface area contributed by atoms with E-state index in [1.165, 1.54) is 16.0 Å². The van der Waals surface area contributed by atoms with Crippen LogP contribution in [0.3, 0.4) is 0 Å². The first-order valence-electron chi connectivity index (χ1n) is 5.78. The highest BCUT2D eigenvalue weighted by Crippen LogP contribution is 2.34. The van der Waals surface area contributed by atoms with Crippen LogP contribution in [0.4, 0.5) is 0 Å². The fourth-order valence-corrected chi connectivity index (χ4v) is 2.71. The summed E-state index contributed by atoms with van der Waals surface area (Å²) in [6, 6.07) is 19.0. The molecule has 1 nitrogen and oxygen atoms in total. The Bertz CT molecular complexity index is 450. The van der Waals surface area contributed by atoms with Crippen molar-refractivity contribution in [1.29, 1.82) is 0 Å². The van der Waals surface area contributed by atoms with Gasteiger partial charge in [-0.15, -0.1) is 11.8 Å². The highest BCUT2D eigenvalue weighted by Gasteiger charge is 2.10. The molecular formula is C15H17NS. The van der Waals surface area contributed by atoms with Gasteiger partial charge in [0, 0.05) is 16.7 Å². The lowest BCUT2D eigenvalue weighted by molar-refractivity contribution is 0.941. The monoisotopic (exact) mass is 243 g/mol. The molecule has 0 aromatic heterocycles. The summed E-state index contributed by atoms with van der Waals surface area (Å²) in [5.74, 6) is 0. The molecule has 0 aliphatic carbocycles. The number of nitrogens with two attached hydrogens (primary N) is 1. The SMILES string of the molecule is Cc1ccc(SC(CN)c2ccccc2)cc1. The average molecular weight is 243 g/mol. The maximum atomic E-state index is 5.86. The van der Waals surface area contributed by atoms with Gasteiger partial charge < -0.3 is 5.73 Å². The molecule has 2 aromatic carbocycles. The van der Waals surface area contributed by atoms with Gasteiger partial charge in [-0.25, -0.2) is 0 Å². The molecule has 0 heterocycles. The molecule has 2 heteroatoms. The van der Waals surface area contributed by atoms with E-state index < -0.39 is 0 Å². The van der Waals surface area contributed by atoms with Crippen molar-refractivity contribution < 1.29 is 0 Å². The van der Waals surface area contributed by atoms with E-state index in [1.54, 1.807) is 0 Å². The Labute approximate surface area is 107 Å². The molecule has 0 spiro atoms. The van der Waals surface area contributed by atoms with E-state index in [1.807, 2.05) is 17.8 Å². The molecular weight excluding hydrogens is 226 g/mol. The maximum Gasteiger partial charge on any atom is 0.0466 e. The van der Waals surface area contributed by atoms with Gasteiger partial charge in [-0.05, 0) is 24.6 Å². The third-order valence-electron chi connectivity index (χ3n) is 2.68. The van der Waals surface area contributed by atoms with Crippen LogP contribution in [-0.2, 0) is 0 Å². The second kappa shape index (κ2) is 5.89. The molecule has 0 fully saturated rings. The Hall–Kier alpha value is -1.25. The van der Waals surface area contributed by atoms with Crippen molar-refractivity contribution in [2.24, 2.45) is 5.73 Å². The van der Waals surface area contributed by atoms with Gasteiger partial charge in [-0.1, -0.05) is 48.0 Å². The van der Waals surface area contributed by atoms with Crippen LogP contribution in [-0.4, -0.2) is 6.54 Å². The first kappa shape index (κ1) is 12.2. The maximum absolute atomic E-state index is 5.86. The van der Waals surface area contributed by atoms with Gasteiger partial charge >= 0.3 is 0 Å². The number of hydrogen-bond acceptors (Lipinski definition) is 2. The van der Waals surface area contributed by atoms with Crippen molar-refractivity contribution in [3.05, 3.63) is 65.7 Å². The van der Waals surface area contributed by atoms with Gasteiger partial charge in [-0.2, -0.15) is 0 Å². The standard InChI is InChI=1S/C15H17NS/c1-12-7-9-14(10-8-12)17-15(11-16)13-5-3-2-4-6-13/h2-10,15H,11,16H2,1H3. The first-order valence-corrected chi connectivity index (χ1v) is 6.66. The number of aryl methyl sites for hydroxylation is 1. The second-order valence-corrected chi connectivity index (χ2v) is 5.34. The van der Waals surface area contributed by atoms with E-state index in [4.69, 9.17) is 5.73 Å². The Morgan fingerprint density at radius 3 is 2.24 bits per heavy atom. The largest absolute Gasteiger partial charge is 0.329 e. The van der Waals surface area contributed by atoms with Crippen LogP contribution < -0.4 is 5.73 Å². The minimum atomic E-state index is 0.332. The number of hydrogen-bond donors (Lipinski definition) is 1. The van der Waals surface area contributed by atoms with Gasteiger partial charge in [0.2, 0.25) is 0 Å². The lowest BCUT2D eigenvalue weighted by Crippen LogP contribution is -2.09. The molecule has 0 aliphatic rings. The van der Waals surface area contributed by atoms with E-state index >= 15 is 0 Å². The molecule has 2 rings (SSSR count). The minimum Gasteiger partial charge on any atom is -0.329 e. The summed E-state index contributed by atoms with van der Waals surface area (Å²) in [5.41, 5.74) is 8.44. The molecule has 0 bridgehead atoms. The summed E-state index contributed by atoms with van der Waals surface area (Å²) >= 11 is 1.83. The van der Waals surface area contributed by atoms with Crippen LogP contribution in [0.5, 0.6) is 0 Å². The fourth-order valence-electron chi connectivity index (χ4n) is 1.70. The van der Waals surface area contributed by atoms with Crippen molar-refractivity contribution in [1.82, 2.24) is 0 Å². The Balaban J connectivity index is 2.13. The van der Waals surface area contributed by atoms with E-state index in [0.717, 1.165) is 0 Å². The van der Waals surface area contributed by atoms with Crippen molar-refractivity contribution in [3.8, 4) is 0 Å². The Morgan fingerprint density at radius 2 is 1.65 bits per heavy atom. The zero-order valence-electron chi connectivity index (χ0n) is 9.97. The molecule has 0 saturated heterocycles. The summed E-state index contributed by atoms with van der Waals surface area (Å²) in [6.45, 7) is 2.76. The van der Waals surface area contributed by atoms with Crippen LogP contribution in [0, 0.1) is 6.92 Å². The normalized spacial score (nSPS) is 12.4. The highest BCUT2D eigenvalue weighted by atomic mass is 32.2. The van der Waals surface area contributed by atoms with Crippen molar-refractivity contribution in [2.45, 2.75) is 17.1 Å². The van der Waals surface area contributed by atoms with Crippen LogP contribution in [0.15, 0.2) is 59.5 Å². The fraction of sp³-hybridized carbons (Fsp3) is 0.200. The van der Waals surface area contributed by atoms with E-state index in [9.17, 15) is 0 Å². The molecule has 1 atom stereocenters. The van der Waals surface area contributed by atoms with E-state index in [-0.39, 0.29) is 0 Å². The van der Waals surface area contributed by atoms with Crippen LogP contribution in [0.2, 0.25) is 0 Å². The molecule has 0 saturated carbocycles. The third kappa shape index (κ3) is 3.35. The topological polar surface area (TPSA) is 26.0 Å². The summed E-state index contributed by atoms with van der Waals surface area (Å²) in [4.78, 5) is 1.27. The Kier molecular flexibility index (Phi) is 4.24. The smallest absolute Gasteiger partial charge is 0.0466 e. The highest BCUT2D eigenvalue weighted by molar-refractivity contribution is 7.99. The molecule has 17 heavy (non-hydrogen) atoms.